The maximum atomic E-state index is 14.7. The van der Waals surface area contributed by atoms with E-state index in [1.165, 1.54) is 22.9 Å². The van der Waals surface area contributed by atoms with Gasteiger partial charge in [-0.3, -0.25) is 4.57 Å². The Morgan fingerprint density at radius 1 is 1.03 bits per heavy atom. The SMILES string of the molecule is Cc1nnc2n1-c1c(ccc(-c3cccc4c3ccn4S(C)(=O)=O)c1C(F)(F)F)NC2(C)C. The quantitative estimate of drug-likeness (QED) is 0.455. The van der Waals surface area contributed by atoms with Crippen molar-refractivity contribution >= 4 is 26.6 Å². The lowest BCUT2D eigenvalue weighted by Crippen LogP contribution is -2.37. The summed E-state index contributed by atoms with van der Waals surface area (Å²) in [6.45, 7) is 5.26. The summed E-state index contributed by atoms with van der Waals surface area (Å²) in [5, 5.41) is 11.7. The van der Waals surface area contributed by atoms with Crippen LogP contribution in [-0.2, 0) is 21.7 Å². The summed E-state index contributed by atoms with van der Waals surface area (Å²) in [7, 11) is -3.63. The van der Waals surface area contributed by atoms with Gasteiger partial charge < -0.3 is 5.32 Å². The van der Waals surface area contributed by atoms with Crippen molar-refractivity contribution in [2.75, 3.05) is 11.6 Å². The Morgan fingerprint density at radius 3 is 2.42 bits per heavy atom. The molecule has 0 saturated heterocycles. The number of aryl methyl sites for hydroxylation is 1. The van der Waals surface area contributed by atoms with Crippen LogP contribution in [0.4, 0.5) is 18.9 Å². The molecule has 1 aliphatic heterocycles. The number of halogens is 3. The first-order valence-electron chi connectivity index (χ1n) is 10.1. The molecule has 1 N–H and O–H groups in total. The highest BCUT2D eigenvalue weighted by molar-refractivity contribution is 7.89. The summed E-state index contributed by atoms with van der Waals surface area (Å²) >= 11 is 0. The predicted molar refractivity (Wildman–Crippen MR) is 119 cm³/mol. The molecule has 2 aromatic carbocycles. The monoisotopic (exact) mass is 475 g/mol. The van der Waals surface area contributed by atoms with Crippen LogP contribution in [0.3, 0.4) is 0 Å². The number of aromatic nitrogens is 4. The topological polar surface area (TPSA) is 81.8 Å². The molecule has 7 nitrogen and oxygen atoms in total. The molecule has 0 unspecified atom stereocenters. The molecule has 4 aromatic rings. The molecule has 0 aliphatic carbocycles. The zero-order valence-corrected chi connectivity index (χ0v) is 19.0. The van der Waals surface area contributed by atoms with Gasteiger partial charge in [0.05, 0.1) is 34.2 Å². The van der Waals surface area contributed by atoms with Crippen LogP contribution in [0.25, 0.3) is 27.7 Å². The number of fused-ring (bicyclic) bond motifs is 4. The van der Waals surface area contributed by atoms with E-state index in [1.54, 1.807) is 31.2 Å². The van der Waals surface area contributed by atoms with Gasteiger partial charge in [-0.25, -0.2) is 12.4 Å². The number of nitrogens with zero attached hydrogens (tertiary/aromatic N) is 4. The molecule has 0 radical (unpaired) electrons. The molecule has 0 atom stereocenters. The van der Waals surface area contributed by atoms with Crippen molar-refractivity contribution in [3.05, 3.63) is 59.8 Å². The van der Waals surface area contributed by atoms with Crippen LogP contribution in [-0.4, -0.2) is 33.4 Å². The van der Waals surface area contributed by atoms with Gasteiger partial charge in [0.25, 0.3) is 0 Å². The van der Waals surface area contributed by atoms with Gasteiger partial charge in [-0.1, -0.05) is 18.2 Å². The van der Waals surface area contributed by atoms with Crippen molar-refractivity contribution in [3.8, 4) is 16.8 Å². The second kappa shape index (κ2) is 6.60. The summed E-state index contributed by atoms with van der Waals surface area (Å²) in [4.78, 5) is 0. The Morgan fingerprint density at radius 2 is 1.76 bits per heavy atom. The Labute approximate surface area is 187 Å². The lowest BCUT2D eigenvalue weighted by molar-refractivity contribution is -0.137. The maximum absolute atomic E-state index is 14.7. The maximum Gasteiger partial charge on any atom is 0.419 e. The van der Waals surface area contributed by atoms with E-state index >= 15 is 0 Å². The molecule has 0 bridgehead atoms. The molecule has 2 aromatic heterocycles. The highest BCUT2D eigenvalue weighted by atomic mass is 32.2. The Balaban J connectivity index is 1.89. The highest BCUT2D eigenvalue weighted by Gasteiger charge is 2.43. The third-order valence-electron chi connectivity index (χ3n) is 5.86. The molecule has 3 heterocycles. The molecule has 172 valence electrons. The lowest BCUT2D eigenvalue weighted by Gasteiger charge is -2.35. The molecule has 0 saturated carbocycles. The normalized spacial score (nSPS) is 15.2. The van der Waals surface area contributed by atoms with Gasteiger partial charge in [-0.2, -0.15) is 13.2 Å². The number of benzene rings is 2. The van der Waals surface area contributed by atoms with Gasteiger partial charge >= 0.3 is 6.18 Å². The number of anilines is 1. The third-order valence-corrected chi connectivity index (χ3v) is 6.89. The van der Waals surface area contributed by atoms with Crippen molar-refractivity contribution in [3.63, 3.8) is 0 Å². The molecule has 5 rings (SSSR count). The second-order valence-corrected chi connectivity index (χ2v) is 10.5. The van der Waals surface area contributed by atoms with Gasteiger partial charge in [0.2, 0.25) is 10.0 Å². The lowest BCUT2D eigenvalue weighted by atomic mass is 9.91. The molecule has 1 aliphatic rings. The van der Waals surface area contributed by atoms with Crippen LogP contribution in [0.15, 0.2) is 42.6 Å². The number of hydrogen-bond donors (Lipinski definition) is 1. The Kier molecular flexibility index (Phi) is 4.30. The summed E-state index contributed by atoms with van der Waals surface area (Å²) in [5.41, 5.74) is -0.803. The highest BCUT2D eigenvalue weighted by Crippen LogP contribution is 2.48. The average molecular weight is 475 g/mol. The number of alkyl halides is 3. The molecular weight excluding hydrogens is 455 g/mol. The van der Waals surface area contributed by atoms with Crippen molar-refractivity contribution in [1.82, 2.24) is 18.7 Å². The summed E-state index contributed by atoms with van der Waals surface area (Å²) < 4.78 is 70.8. The van der Waals surface area contributed by atoms with Crippen LogP contribution in [0.5, 0.6) is 0 Å². The smallest absolute Gasteiger partial charge is 0.371 e. The van der Waals surface area contributed by atoms with Gasteiger partial charge in [0.1, 0.15) is 5.82 Å². The van der Waals surface area contributed by atoms with Gasteiger partial charge in [0, 0.05) is 11.6 Å². The van der Waals surface area contributed by atoms with Gasteiger partial charge in [-0.15, -0.1) is 10.2 Å². The van der Waals surface area contributed by atoms with E-state index in [4.69, 9.17) is 0 Å². The van der Waals surface area contributed by atoms with Crippen molar-refractivity contribution < 1.29 is 21.6 Å². The zero-order chi connectivity index (χ0) is 23.9. The van der Waals surface area contributed by atoms with Crippen LogP contribution in [0.2, 0.25) is 0 Å². The van der Waals surface area contributed by atoms with Crippen LogP contribution < -0.4 is 5.32 Å². The molecule has 0 fully saturated rings. The average Bonchev–Trinajstić information content (AvgIpc) is 3.30. The van der Waals surface area contributed by atoms with Crippen molar-refractivity contribution in [2.24, 2.45) is 0 Å². The Hall–Kier alpha value is -3.34. The molecular formula is C22H20F3N5O2S. The minimum absolute atomic E-state index is 0.0568. The van der Waals surface area contributed by atoms with E-state index in [2.05, 4.69) is 15.5 Å². The van der Waals surface area contributed by atoms with Crippen molar-refractivity contribution in [2.45, 2.75) is 32.5 Å². The standard InChI is InChI=1S/C22H20F3N5O2S/c1-12-27-28-20-21(2,3)26-16-9-8-15(18(22(23,24)25)19(16)30(12)20)13-6-5-7-17-14(13)10-11-29(17)33(4,31)32/h5-11,26H,1-4H3. The van der Waals surface area contributed by atoms with E-state index in [9.17, 15) is 21.6 Å². The molecule has 0 spiro atoms. The Bertz CT molecular complexity index is 1550. The minimum atomic E-state index is -4.71. The number of nitrogens with one attached hydrogen (secondary N) is 1. The van der Waals surface area contributed by atoms with E-state index in [1.807, 2.05) is 13.8 Å². The van der Waals surface area contributed by atoms with E-state index < -0.39 is 27.3 Å². The fourth-order valence-electron chi connectivity index (χ4n) is 4.53. The first-order chi connectivity index (χ1) is 15.3. The molecule has 33 heavy (non-hydrogen) atoms. The molecule has 0 amide bonds. The largest absolute Gasteiger partial charge is 0.419 e. The zero-order valence-electron chi connectivity index (χ0n) is 18.2. The van der Waals surface area contributed by atoms with Gasteiger partial charge in [0.15, 0.2) is 5.82 Å². The van der Waals surface area contributed by atoms with E-state index in [-0.39, 0.29) is 16.8 Å². The third kappa shape index (κ3) is 3.13. The fourth-order valence-corrected chi connectivity index (χ4v) is 5.33. The van der Waals surface area contributed by atoms with Gasteiger partial charge in [-0.05, 0) is 50.1 Å². The first-order valence-corrected chi connectivity index (χ1v) is 11.9. The first kappa shape index (κ1) is 21.5. The number of hydrogen-bond acceptors (Lipinski definition) is 5. The van der Waals surface area contributed by atoms with Crippen LogP contribution >= 0.6 is 0 Å². The summed E-state index contributed by atoms with van der Waals surface area (Å²) in [6.07, 6.45) is -2.32. The van der Waals surface area contributed by atoms with Crippen LogP contribution in [0.1, 0.15) is 31.1 Å². The van der Waals surface area contributed by atoms with E-state index in [0.717, 1.165) is 10.2 Å². The number of rotatable bonds is 2. The summed E-state index contributed by atoms with van der Waals surface area (Å²) in [6, 6.07) is 9.22. The minimum Gasteiger partial charge on any atom is -0.371 e. The van der Waals surface area contributed by atoms with E-state index in [0.29, 0.717) is 28.2 Å². The van der Waals surface area contributed by atoms with Crippen molar-refractivity contribution in [1.29, 1.82) is 0 Å². The predicted octanol–water partition coefficient (Wildman–Crippen LogP) is 4.68. The fraction of sp³-hybridized carbons (Fsp3) is 0.273. The summed E-state index contributed by atoms with van der Waals surface area (Å²) in [5.74, 6) is 0.710. The van der Waals surface area contributed by atoms with Crippen LogP contribution in [0, 0.1) is 6.92 Å². The molecule has 11 heteroatoms. The second-order valence-electron chi connectivity index (χ2n) is 8.65.